The Kier molecular flexibility index (Phi) is 3.73. The number of amides is 1. The number of hydrogen-bond donors (Lipinski definition) is 2. The maximum atomic E-state index is 12.3. The highest BCUT2D eigenvalue weighted by atomic mass is 35.5. The zero-order chi connectivity index (χ0) is 15.1. The smallest absolute Gasteiger partial charge is 0.259 e. The number of rotatable bonds is 1. The molecule has 0 fully saturated rings. The summed E-state index contributed by atoms with van der Waals surface area (Å²) in [6.07, 6.45) is 0. The third-order valence-corrected chi connectivity index (χ3v) is 3.80. The molecule has 1 unspecified atom stereocenters. The molecule has 0 aromatic heterocycles. The molecule has 0 saturated carbocycles. The molecule has 2 N–H and O–H groups in total. The lowest BCUT2D eigenvalue weighted by molar-refractivity contribution is -0.123. The Morgan fingerprint density at radius 2 is 1.95 bits per heavy atom. The first-order valence-electron chi connectivity index (χ1n) is 6.27. The van der Waals surface area contributed by atoms with Crippen molar-refractivity contribution in [2.75, 3.05) is 0 Å². The molecule has 0 bridgehead atoms. The van der Waals surface area contributed by atoms with E-state index in [1.165, 1.54) is 0 Å². The van der Waals surface area contributed by atoms with Crippen LogP contribution in [0.3, 0.4) is 0 Å². The molecule has 1 heterocycles. The maximum absolute atomic E-state index is 12.3. The van der Waals surface area contributed by atoms with Crippen molar-refractivity contribution in [3.8, 4) is 0 Å². The first kappa shape index (κ1) is 15.1. The summed E-state index contributed by atoms with van der Waals surface area (Å²) in [6, 6.07) is 5.20. The molecule has 1 amide bonds. The van der Waals surface area contributed by atoms with Crippen molar-refractivity contribution in [1.29, 1.82) is 0 Å². The Morgan fingerprint density at radius 1 is 1.30 bits per heavy atom. The first-order chi connectivity index (χ1) is 9.13. The van der Waals surface area contributed by atoms with Gasteiger partial charge in [-0.2, -0.15) is 0 Å². The van der Waals surface area contributed by atoms with Gasteiger partial charge in [0.2, 0.25) is 0 Å². The molecule has 108 valence electrons. The van der Waals surface area contributed by atoms with E-state index in [2.05, 4.69) is 15.6 Å². The quantitative estimate of drug-likeness (QED) is 0.837. The average molecular weight is 314 g/mol. The zero-order valence-corrected chi connectivity index (χ0v) is 13.4. The van der Waals surface area contributed by atoms with Gasteiger partial charge in [-0.1, -0.05) is 35.3 Å². The number of benzene rings is 1. The van der Waals surface area contributed by atoms with Crippen LogP contribution < -0.4 is 10.6 Å². The van der Waals surface area contributed by atoms with E-state index in [1.807, 2.05) is 20.8 Å². The Balaban J connectivity index is 2.44. The third-order valence-electron chi connectivity index (χ3n) is 2.98. The topological polar surface area (TPSA) is 53.5 Å². The zero-order valence-electron chi connectivity index (χ0n) is 11.8. The summed E-state index contributed by atoms with van der Waals surface area (Å²) >= 11 is 12.2. The van der Waals surface area contributed by atoms with E-state index >= 15 is 0 Å². The third kappa shape index (κ3) is 2.76. The highest BCUT2D eigenvalue weighted by molar-refractivity contribution is 6.42. The fourth-order valence-corrected chi connectivity index (χ4v) is 2.49. The molecule has 1 aromatic rings. The second-order valence-electron chi connectivity index (χ2n) is 5.96. The highest BCUT2D eigenvalue weighted by Gasteiger charge is 2.43. The summed E-state index contributed by atoms with van der Waals surface area (Å²) in [6.45, 7) is 7.69. The van der Waals surface area contributed by atoms with Crippen LogP contribution in [0, 0.1) is 0 Å². The summed E-state index contributed by atoms with van der Waals surface area (Å²) in [5.74, 6) is 0.217. The summed E-state index contributed by atoms with van der Waals surface area (Å²) < 4.78 is 0. The summed E-state index contributed by atoms with van der Waals surface area (Å²) in [4.78, 5) is 16.7. The van der Waals surface area contributed by atoms with Crippen molar-refractivity contribution in [3.63, 3.8) is 0 Å². The van der Waals surface area contributed by atoms with Gasteiger partial charge in [0, 0.05) is 11.1 Å². The van der Waals surface area contributed by atoms with Crippen LogP contribution in [0.2, 0.25) is 10.0 Å². The van der Waals surface area contributed by atoms with Crippen LogP contribution >= 0.6 is 23.2 Å². The summed E-state index contributed by atoms with van der Waals surface area (Å²) in [5.41, 5.74) is -0.680. The van der Waals surface area contributed by atoms with Gasteiger partial charge in [-0.05, 0) is 33.8 Å². The minimum atomic E-state index is -1.07. The van der Waals surface area contributed by atoms with Crippen molar-refractivity contribution in [3.05, 3.63) is 33.8 Å². The average Bonchev–Trinajstić information content (AvgIpc) is 2.56. The lowest BCUT2D eigenvalue weighted by atomic mass is 9.92. The van der Waals surface area contributed by atoms with Crippen LogP contribution in [-0.4, -0.2) is 17.4 Å². The number of halogens is 2. The Morgan fingerprint density at radius 3 is 2.55 bits per heavy atom. The molecule has 1 aliphatic heterocycles. The predicted octanol–water partition coefficient (Wildman–Crippen LogP) is 3.08. The summed E-state index contributed by atoms with van der Waals surface area (Å²) in [5, 5.41) is 6.66. The van der Waals surface area contributed by atoms with Gasteiger partial charge in [0.15, 0.2) is 11.5 Å². The van der Waals surface area contributed by atoms with Crippen molar-refractivity contribution in [1.82, 2.24) is 10.6 Å². The number of aliphatic imine (C=N–C) groups is 1. The second-order valence-corrected chi connectivity index (χ2v) is 6.75. The Hall–Kier alpha value is -1.26. The molecule has 0 radical (unpaired) electrons. The van der Waals surface area contributed by atoms with Gasteiger partial charge in [0.05, 0.1) is 10.0 Å². The number of hydrogen-bond acceptors (Lipinski definition) is 3. The highest BCUT2D eigenvalue weighted by Crippen LogP contribution is 2.37. The van der Waals surface area contributed by atoms with Crippen molar-refractivity contribution < 1.29 is 4.79 Å². The van der Waals surface area contributed by atoms with Crippen LogP contribution in [0.4, 0.5) is 0 Å². The number of nitrogens with one attached hydrogen (secondary N) is 2. The first-order valence-corrected chi connectivity index (χ1v) is 7.03. The van der Waals surface area contributed by atoms with Gasteiger partial charge in [-0.15, -0.1) is 0 Å². The molecule has 6 heteroatoms. The molecule has 0 aliphatic carbocycles. The predicted molar refractivity (Wildman–Crippen MR) is 82.3 cm³/mol. The van der Waals surface area contributed by atoms with Crippen molar-refractivity contribution >= 4 is 35.1 Å². The Bertz CT molecular complexity index is 593. The molecular weight excluding hydrogens is 297 g/mol. The molecule has 1 atom stereocenters. The molecule has 2 rings (SSSR count). The molecule has 1 aromatic carbocycles. The van der Waals surface area contributed by atoms with Crippen LogP contribution in [0.25, 0.3) is 0 Å². The fourth-order valence-electron chi connectivity index (χ4n) is 2.01. The van der Waals surface area contributed by atoms with E-state index in [1.54, 1.807) is 25.1 Å². The molecule has 0 spiro atoms. The van der Waals surface area contributed by atoms with Gasteiger partial charge in [0.1, 0.15) is 0 Å². The summed E-state index contributed by atoms with van der Waals surface area (Å²) in [7, 11) is 0. The normalized spacial score (nSPS) is 22.5. The molecule has 0 saturated heterocycles. The SMILES string of the molecule is CC(C)(C)NC1=NC(C)(c2cccc(Cl)c2Cl)C(=O)N1. The van der Waals surface area contributed by atoms with Crippen LogP contribution in [0.15, 0.2) is 23.2 Å². The Labute approximate surface area is 128 Å². The van der Waals surface area contributed by atoms with E-state index in [-0.39, 0.29) is 11.4 Å². The number of nitrogens with zero attached hydrogens (tertiary/aromatic N) is 1. The van der Waals surface area contributed by atoms with E-state index in [4.69, 9.17) is 23.2 Å². The molecule has 1 aliphatic rings. The van der Waals surface area contributed by atoms with E-state index in [0.717, 1.165) is 0 Å². The number of guanidine groups is 1. The lowest BCUT2D eigenvalue weighted by Gasteiger charge is -2.21. The van der Waals surface area contributed by atoms with E-state index in [9.17, 15) is 4.79 Å². The maximum Gasteiger partial charge on any atom is 0.259 e. The molecular formula is C14H17Cl2N3O. The van der Waals surface area contributed by atoms with Crippen LogP contribution in [0.5, 0.6) is 0 Å². The largest absolute Gasteiger partial charge is 0.351 e. The lowest BCUT2D eigenvalue weighted by Crippen LogP contribution is -2.47. The van der Waals surface area contributed by atoms with E-state index < -0.39 is 5.54 Å². The van der Waals surface area contributed by atoms with Crippen LogP contribution in [0.1, 0.15) is 33.3 Å². The fraction of sp³-hybridized carbons (Fsp3) is 0.429. The van der Waals surface area contributed by atoms with E-state index in [0.29, 0.717) is 21.6 Å². The minimum Gasteiger partial charge on any atom is -0.351 e. The minimum absolute atomic E-state index is 0.199. The van der Waals surface area contributed by atoms with Gasteiger partial charge in [-0.3, -0.25) is 10.1 Å². The van der Waals surface area contributed by atoms with Crippen molar-refractivity contribution in [2.45, 2.75) is 38.8 Å². The number of carbonyl (C=O) groups excluding carboxylic acids is 1. The molecule has 20 heavy (non-hydrogen) atoms. The van der Waals surface area contributed by atoms with Crippen molar-refractivity contribution in [2.24, 2.45) is 4.99 Å². The standard InChI is InChI=1S/C14H17Cl2N3O/c1-13(2,3)18-12-17-11(20)14(4,19-12)8-6-5-7-9(15)10(8)16/h5-7H,1-4H3,(H2,17,18,19,20). The molecule has 4 nitrogen and oxygen atoms in total. The monoisotopic (exact) mass is 313 g/mol. The van der Waals surface area contributed by atoms with Gasteiger partial charge in [0.25, 0.3) is 5.91 Å². The van der Waals surface area contributed by atoms with Crippen LogP contribution in [-0.2, 0) is 10.3 Å². The number of carbonyl (C=O) groups is 1. The van der Waals surface area contributed by atoms with Gasteiger partial charge >= 0.3 is 0 Å². The van der Waals surface area contributed by atoms with Gasteiger partial charge < -0.3 is 5.32 Å². The second kappa shape index (κ2) is 4.93. The van der Waals surface area contributed by atoms with Gasteiger partial charge in [-0.25, -0.2) is 4.99 Å².